The molecule has 1 aliphatic heterocycles. The van der Waals surface area contributed by atoms with Crippen LogP contribution in [0.1, 0.15) is 31.7 Å². The lowest BCUT2D eigenvalue weighted by Crippen LogP contribution is -2.31. The summed E-state index contributed by atoms with van der Waals surface area (Å²) in [5, 5.41) is 25.8. The summed E-state index contributed by atoms with van der Waals surface area (Å²) in [6.07, 6.45) is 3.33. The molecule has 0 aliphatic carbocycles. The minimum atomic E-state index is -0.695. The largest absolute Gasteiger partial charge is 0.504 e. The van der Waals surface area contributed by atoms with Crippen LogP contribution in [0.2, 0.25) is 0 Å². The Morgan fingerprint density at radius 3 is 2.66 bits per heavy atom. The van der Waals surface area contributed by atoms with Gasteiger partial charge in [0.1, 0.15) is 11.0 Å². The normalized spacial score (nSPS) is 16.8. The van der Waals surface area contributed by atoms with E-state index in [1.807, 2.05) is 0 Å². The van der Waals surface area contributed by atoms with Crippen molar-refractivity contribution in [2.45, 2.75) is 31.4 Å². The minimum absolute atomic E-state index is 0.00399. The number of nitrogens with two attached hydrogens (primary N) is 1. The number of carbonyl (C=O) groups is 2. The Bertz CT molecular complexity index is 1040. The van der Waals surface area contributed by atoms with Crippen LogP contribution < -0.4 is 15.4 Å². The maximum atomic E-state index is 12.8. The summed E-state index contributed by atoms with van der Waals surface area (Å²) in [5.41, 5.74) is 6.83. The molecule has 0 bridgehead atoms. The van der Waals surface area contributed by atoms with Crippen molar-refractivity contribution in [1.29, 1.82) is 0 Å². The standard InChI is InChI=1S/C22H24N4O5S/c1-2-3-10-31-16-7-5-15(6-8-16)26-20(29)12-19(21(26)30)32-22(23)25-24-13-14-4-9-17(27)18(28)11-14/h4-9,11,13,19,27-28H,2-3,10,12H2,1H3,(H2,23,25)/b24-13-/t19-/m1/s1. The van der Waals surface area contributed by atoms with Gasteiger partial charge < -0.3 is 20.7 Å². The Morgan fingerprint density at radius 1 is 1.22 bits per heavy atom. The average molecular weight is 457 g/mol. The van der Waals surface area contributed by atoms with Crippen LogP contribution in [0.5, 0.6) is 17.2 Å². The van der Waals surface area contributed by atoms with Crippen LogP contribution in [0.3, 0.4) is 0 Å². The summed E-state index contributed by atoms with van der Waals surface area (Å²) < 4.78 is 5.61. The van der Waals surface area contributed by atoms with Crippen molar-refractivity contribution in [3.8, 4) is 17.2 Å². The quantitative estimate of drug-likeness (QED) is 0.139. The average Bonchev–Trinajstić information content (AvgIpc) is 3.04. The summed E-state index contributed by atoms with van der Waals surface area (Å²) in [6.45, 7) is 2.70. The number of ether oxygens (including phenoxy) is 1. The zero-order chi connectivity index (χ0) is 23.1. The van der Waals surface area contributed by atoms with E-state index in [4.69, 9.17) is 10.5 Å². The first-order valence-electron chi connectivity index (χ1n) is 10.0. The predicted octanol–water partition coefficient (Wildman–Crippen LogP) is 2.99. The number of anilines is 1. The van der Waals surface area contributed by atoms with Gasteiger partial charge in [-0.05, 0) is 54.4 Å². The Morgan fingerprint density at radius 2 is 1.97 bits per heavy atom. The summed E-state index contributed by atoms with van der Waals surface area (Å²) in [4.78, 5) is 26.3. The van der Waals surface area contributed by atoms with Gasteiger partial charge in [-0.15, -0.1) is 5.10 Å². The number of amidine groups is 1. The second kappa shape index (κ2) is 10.7. The van der Waals surface area contributed by atoms with Gasteiger partial charge in [0, 0.05) is 6.42 Å². The third-order valence-electron chi connectivity index (χ3n) is 4.59. The predicted molar refractivity (Wildman–Crippen MR) is 124 cm³/mol. The van der Waals surface area contributed by atoms with Crippen molar-refractivity contribution in [2.24, 2.45) is 15.9 Å². The molecule has 32 heavy (non-hydrogen) atoms. The van der Waals surface area contributed by atoms with Crippen LogP contribution >= 0.6 is 11.8 Å². The van der Waals surface area contributed by atoms with Gasteiger partial charge in [-0.25, -0.2) is 4.90 Å². The van der Waals surface area contributed by atoms with Gasteiger partial charge in [-0.3, -0.25) is 9.59 Å². The summed E-state index contributed by atoms with van der Waals surface area (Å²) in [6, 6.07) is 11.0. The van der Waals surface area contributed by atoms with Crippen molar-refractivity contribution < 1.29 is 24.5 Å². The number of carbonyl (C=O) groups excluding carboxylic acids is 2. The Balaban J connectivity index is 1.60. The maximum absolute atomic E-state index is 12.8. The Labute approximate surface area is 189 Å². The van der Waals surface area contributed by atoms with E-state index in [2.05, 4.69) is 17.1 Å². The number of hydrogen-bond donors (Lipinski definition) is 3. The number of nitrogens with zero attached hydrogens (tertiary/aromatic N) is 3. The highest BCUT2D eigenvalue weighted by molar-refractivity contribution is 8.14. The van der Waals surface area contributed by atoms with Crippen LogP contribution in [0.15, 0.2) is 52.7 Å². The number of amides is 2. The fraction of sp³-hybridized carbons (Fsp3) is 0.273. The molecule has 1 aliphatic rings. The van der Waals surface area contributed by atoms with E-state index in [0.717, 1.165) is 29.5 Å². The highest BCUT2D eigenvalue weighted by atomic mass is 32.2. The van der Waals surface area contributed by atoms with Gasteiger partial charge in [-0.2, -0.15) is 5.10 Å². The highest BCUT2D eigenvalue weighted by Crippen LogP contribution is 2.31. The number of aromatic hydroxyl groups is 2. The van der Waals surface area contributed by atoms with Crippen LogP contribution in [0.4, 0.5) is 5.69 Å². The van der Waals surface area contributed by atoms with Gasteiger partial charge >= 0.3 is 0 Å². The van der Waals surface area contributed by atoms with E-state index in [-0.39, 0.29) is 34.9 Å². The van der Waals surface area contributed by atoms with Crippen molar-refractivity contribution in [2.75, 3.05) is 11.5 Å². The smallest absolute Gasteiger partial charge is 0.247 e. The van der Waals surface area contributed by atoms with Gasteiger partial charge in [0.25, 0.3) is 0 Å². The van der Waals surface area contributed by atoms with Gasteiger partial charge in [0.15, 0.2) is 16.7 Å². The lowest BCUT2D eigenvalue weighted by molar-refractivity contribution is -0.121. The molecule has 0 aromatic heterocycles. The minimum Gasteiger partial charge on any atom is -0.504 e. The van der Waals surface area contributed by atoms with Crippen molar-refractivity contribution in [3.63, 3.8) is 0 Å². The summed E-state index contributed by atoms with van der Waals surface area (Å²) in [7, 11) is 0. The first-order valence-corrected chi connectivity index (χ1v) is 10.9. The maximum Gasteiger partial charge on any atom is 0.247 e. The first kappa shape index (κ1) is 23.1. The number of phenolic OH excluding ortho intramolecular Hbond substituents is 2. The molecule has 1 fully saturated rings. The molecule has 4 N–H and O–H groups in total. The third kappa shape index (κ3) is 5.79. The number of phenols is 2. The van der Waals surface area contributed by atoms with E-state index in [1.165, 1.54) is 24.4 Å². The van der Waals surface area contributed by atoms with Crippen LogP contribution in [-0.2, 0) is 9.59 Å². The Hall–Kier alpha value is -3.53. The summed E-state index contributed by atoms with van der Waals surface area (Å²) in [5.74, 6) is -0.527. The first-order chi connectivity index (χ1) is 15.4. The number of rotatable bonds is 8. The molecule has 2 aromatic rings. The highest BCUT2D eigenvalue weighted by Gasteiger charge is 2.40. The van der Waals surface area contributed by atoms with E-state index < -0.39 is 5.25 Å². The molecule has 10 heteroatoms. The van der Waals surface area contributed by atoms with Gasteiger partial charge in [0.2, 0.25) is 11.8 Å². The number of hydrogen-bond acceptors (Lipinski definition) is 8. The second-order valence-corrected chi connectivity index (χ2v) is 8.23. The third-order valence-corrected chi connectivity index (χ3v) is 5.57. The molecule has 2 aromatic carbocycles. The zero-order valence-corrected chi connectivity index (χ0v) is 18.3. The SMILES string of the molecule is CCCCOc1ccc(N2C(=O)C[C@@H](SC(N)=N/N=C\c3ccc(O)c(O)c3)C2=O)cc1. The van der Waals surface area contributed by atoms with Gasteiger partial charge in [-0.1, -0.05) is 25.1 Å². The molecule has 0 unspecified atom stereocenters. The topological polar surface area (TPSA) is 138 Å². The lowest BCUT2D eigenvalue weighted by atomic mass is 10.2. The molecular weight excluding hydrogens is 432 g/mol. The fourth-order valence-corrected chi connectivity index (χ4v) is 3.75. The van der Waals surface area contributed by atoms with Crippen LogP contribution in [0.25, 0.3) is 0 Å². The van der Waals surface area contributed by atoms with Crippen molar-refractivity contribution in [3.05, 3.63) is 48.0 Å². The van der Waals surface area contributed by atoms with E-state index in [1.54, 1.807) is 24.3 Å². The molecule has 0 radical (unpaired) electrons. The molecule has 1 saturated heterocycles. The molecule has 3 rings (SSSR count). The lowest BCUT2D eigenvalue weighted by Gasteiger charge is -2.15. The molecule has 2 amide bonds. The van der Waals surface area contributed by atoms with E-state index >= 15 is 0 Å². The number of benzene rings is 2. The molecule has 0 spiro atoms. The molecule has 1 atom stereocenters. The molecule has 1 heterocycles. The van der Waals surface area contributed by atoms with E-state index in [9.17, 15) is 19.8 Å². The zero-order valence-electron chi connectivity index (χ0n) is 17.5. The van der Waals surface area contributed by atoms with Crippen molar-refractivity contribution >= 4 is 40.6 Å². The van der Waals surface area contributed by atoms with Crippen LogP contribution in [-0.4, -0.2) is 45.3 Å². The van der Waals surface area contributed by atoms with Gasteiger partial charge in [0.05, 0.1) is 18.5 Å². The number of thioether (sulfide) groups is 1. The van der Waals surface area contributed by atoms with E-state index in [0.29, 0.717) is 23.6 Å². The van der Waals surface area contributed by atoms with Crippen molar-refractivity contribution in [1.82, 2.24) is 0 Å². The van der Waals surface area contributed by atoms with Crippen LogP contribution in [0, 0.1) is 0 Å². The monoisotopic (exact) mass is 456 g/mol. The molecular formula is C22H24N4O5S. The number of unbranched alkanes of at least 4 members (excludes halogenated alkanes) is 1. The molecule has 0 saturated carbocycles. The second-order valence-electron chi connectivity index (χ2n) is 7.00. The molecule has 168 valence electrons. The summed E-state index contributed by atoms with van der Waals surface area (Å²) >= 11 is 0.963. The number of imide groups is 1. The Kier molecular flexibility index (Phi) is 7.72. The molecule has 9 nitrogen and oxygen atoms in total. The fourth-order valence-electron chi connectivity index (χ4n) is 2.94.